The lowest BCUT2D eigenvalue weighted by atomic mass is 9.96. The second-order valence-electron chi connectivity index (χ2n) is 9.86. The number of ether oxygens (including phenoxy) is 1. The van der Waals surface area contributed by atoms with E-state index in [1.807, 2.05) is 58.0 Å². The summed E-state index contributed by atoms with van der Waals surface area (Å²) in [6.07, 6.45) is 2.68. The number of aromatic nitrogens is 2. The standard InChI is InChI=1S/C27H41N5O5/c1-5-19(4)14-29-25(34)13-24(33)22(11-18(2)3)31-26(35)23(12-21-15-28-17-30-21)32-27(36)37-16-20-9-7-6-8-10-20/h6-10,15,17-19,22-24,33H,5,11-14,16H2,1-4H3,(H,28,30)(H,29,34)(H,31,35)(H,32,36)/t19-,22-,23+,24-/m0/s1. The van der Waals surface area contributed by atoms with Gasteiger partial charge in [-0.05, 0) is 23.8 Å². The van der Waals surface area contributed by atoms with Crippen LogP contribution in [-0.2, 0) is 27.4 Å². The molecule has 4 atom stereocenters. The van der Waals surface area contributed by atoms with Gasteiger partial charge in [0.2, 0.25) is 11.8 Å². The Labute approximate surface area is 219 Å². The number of imidazole rings is 1. The number of carbonyl (C=O) groups is 3. The van der Waals surface area contributed by atoms with Crippen molar-refractivity contribution in [2.45, 2.75) is 78.2 Å². The first-order valence-electron chi connectivity index (χ1n) is 12.9. The van der Waals surface area contributed by atoms with Crippen LogP contribution < -0.4 is 16.0 Å². The smallest absolute Gasteiger partial charge is 0.408 e. The summed E-state index contributed by atoms with van der Waals surface area (Å²) in [6.45, 7) is 8.61. The lowest BCUT2D eigenvalue weighted by molar-refractivity contribution is -0.127. The predicted molar refractivity (Wildman–Crippen MR) is 140 cm³/mol. The molecule has 1 aromatic heterocycles. The van der Waals surface area contributed by atoms with Gasteiger partial charge in [-0.25, -0.2) is 9.78 Å². The van der Waals surface area contributed by atoms with Crippen LogP contribution >= 0.6 is 0 Å². The zero-order chi connectivity index (χ0) is 27.2. The number of hydrogen-bond acceptors (Lipinski definition) is 6. The lowest BCUT2D eigenvalue weighted by Crippen LogP contribution is -2.54. The summed E-state index contributed by atoms with van der Waals surface area (Å²) in [5.74, 6) is -0.282. The molecule has 10 nitrogen and oxygen atoms in total. The topological polar surface area (TPSA) is 145 Å². The van der Waals surface area contributed by atoms with Crippen LogP contribution in [0.25, 0.3) is 0 Å². The fourth-order valence-corrected chi connectivity index (χ4v) is 3.67. The van der Waals surface area contributed by atoms with E-state index in [4.69, 9.17) is 4.74 Å². The first-order valence-corrected chi connectivity index (χ1v) is 12.9. The van der Waals surface area contributed by atoms with E-state index in [1.165, 1.54) is 6.33 Å². The van der Waals surface area contributed by atoms with Crippen molar-refractivity contribution >= 4 is 17.9 Å². The summed E-state index contributed by atoms with van der Waals surface area (Å²) in [4.78, 5) is 45.1. The minimum Gasteiger partial charge on any atom is -0.445 e. The van der Waals surface area contributed by atoms with E-state index in [9.17, 15) is 19.5 Å². The number of rotatable bonds is 15. The normalized spacial score (nSPS) is 14.3. The quantitative estimate of drug-likeness (QED) is 0.247. The molecule has 0 spiro atoms. The highest BCUT2D eigenvalue weighted by Crippen LogP contribution is 2.13. The molecule has 5 N–H and O–H groups in total. The van der Waals surface area contributed by atoms with Crippen LogP contribution in [0.2, 0.25) is 0 Å². The molecule has 0 aliphatic carbocycles. The molecular formula is C27H41N5O5. The van der Waals surface area contributed by atoms with E-state index >= 15 is 0 Å². The fraction of sp³-hybridized carbons (Fsp3) is 0.556. The van der Waals surface area contributed by atoms with E-state index in [1.54, 1.807) is 6.20 Å². The number of alkyl carbamates (subject to hydrolysis) is 1. The van der Waals surface area contributed by atoms with Gasteiger partial charge < -0.3 is 30.8 Å². The molecule has 0 bridgehead atoms. The number of benzene rings is 1. The van der Waals surface area contributed by atoms with Gasteiger partial charge >= 0.3 is 6.09 Å². The largest absolute Gasteiger partial charge is 0.445 e. The molecule has 0 unspecified atom stereocenters. The van der Waals surface area contributed by atoms with Crippen LogP contribution in [-0.4, -0.2) is 57.7 Å². The Kier molecular flexibility index (Phi) is 12.6. The SMILES string of the molecule is CC[C@H](C)CNC(=O)C[C@H](O)[C@H](CC(C)C)NC(=O)[C@@H](Cc1c[nH]cn1)NC(=O)OCc1ccccc1. The van der Waals surface area contributed by atoms with Gasteiger partial charge in [0.05, 0.1) is 30.6 Å². The molecule has 0 saturated carbocycles. The van der Waals surface area contributed by atoms with Crippen LogP contribution in [0.15, 0.2) is 42.9 Å². The molecule has 0 aliphatic rings. The minimum atomic E-state index is -1.08. The van der Waals surface area contributed by atoms with Crippen LogP contribution in [0.3, 0.4) is 0 Å². The van der Waals surface area contributed by atoms with Gasteiger partial charge in [-0.3, -0.25) is 9.59 Å². The predicted octanol–water partition coefficient (Wildman–Crippen LogP) is 2.69. The van der Waals surface area contributed by atoms with Gasteiger partial charge in [0.1, 0.15) is 12.6 Å². The van der Waals surface area contributed by atoms with Crippen LogP contribution in [0, 0.1) is 11.8 Å². The monoisotopic (exact) mass is 515 g/mol. The number of aromatic amines is 1. The number of hydrogen-bond donors (Lipinski definition) is 5. The van der Waals surface area contributed by atoms with E-state index in [2.05, 4.69) is 25.9 Å². The zero-order valence-corrected chi connectivity index (χ0v) is 22.2. The maximum atomic E-state index is 13.3. The average Bonchev–Trinajstić information content (AvgIpc) is 3.38. The van der Waals surface area contributed by atoms with Crippen molar-refractivity contribution in [3.8, 4) is 0 Å². The molecule has 0 fully saturated rings. The van der Waals surface area contributed by atoms with Crippen LogP contribution in [0.4, 0.5) is 4.79 Å². The minimum absolute atomic E-state index is 0.0594. The van der Waals surface area contributed by atoms with E-state index in [-0.39, 0.29) is 31.3 Å². The number of carbonyl (C=O) groups excluding carboxylic acids is 3. The molecule has 0 radical (unpaired) electrons. The molecule has 0 aliphatic heterocycles. The van der Waals surface area contributed by atoms with Gasteiger partial charge in [0.15, 0.2) is 0 Å². The molecule has 3 amide bonds. The number of nitrogens with zero attached hydrogens (tertiary/aromatic N) is 1. The van der Waals surface area contributed by atoms with Crippen molar-refractivity contribution in [1.29, 1.82) is 0 Å². The molecule has 2 rings (SSSR count). The highest BCUT2D eigenvalue weighted by Gasteiger charge is 2.29. The third kappa shape index (κ3) is 11.5. The number of aliphatic hydroxyl groups excluding tert-OH is 1. The summed E-state index contributed by atoms with van der Waals surface area (Å²) >= 11 is 0. The van der Waals surface area contributed by atoms with Crippen molar-refractivity contribution in [2.75, 3.05) is 6.54 Å². The molecule has 204 valence electrons. The Bertz CT molecular complexity index is 951. The van der Waals surface area contributed by atoms with Crippen molar-refractivity contribution in [3.05, 3.63) is 54.1 Å². The Morgan fingerprint density at radius 2 is 1.84 bits per heavy atom. The van der Waals surface area contributed by atoms with Crippen molar-refractivity contribution in [1.82, 2.24) is 25.9 Å². The Hall–Kier alpha value is -3.40. The van der Waals surface area contributed by atoms with Crippen molar-refractivity contribution in [2.24, 2.45) is 11.8 Å². The summed E-state index contributed by atoms with van der Waals surface area (Å²) in [7, 11) is 0. The maximum absolute atomic E-state index is 13.3. The molecule has 37 heavy (non-hydrogen) atoms. The summed E-state index contributed by atoms with van der Waals surface area (Å²) in [6, 6.07) is 7.55. The van der Waals surface area contributed by atoms with Crippen molar-refractivity contribution < 1.29 is 24.2 Å². The van der Waals surface area contributed by atoms with E-state index < -0.39 is 30.2 Å². The van der Waals surface area contributed by atoms with Crippen LogP contribution in [0.1, 0.15) is 58.2 Å². The van der Waals surface area contributed by atoms with Gasteiger partial charge in [-0.15, -0.1) is 0 Å². The lowest BCUT2D eigenvalue weighted by Gasteiger charge is -2.28. The Morgan fingerprint density at radius 3 is 2.46 bits per heavy atom. The summed E-state index contributed by atoms with van der Waals surface area (Å²) < 4.78 is 5.29. The van der Waals surface area contributed by atoms with Crippen molar-refractivity contribution in [3.63, 3.8) is 0 Å². The second-order valence-corrected chi connectivity index (χ2v) is 9.86. The Morgan fingerprint density at radius 1 is 1.11 bits per heavy atom. The maximum Gasteiger partial charge on any atom is 0.408 e. The highest BCUT2D eigenvalue weighted by atomic mass is 16.5. The summed E-state index contributed by atoms with van der Waals surface area (Å²) in [5, 5.41) is 19.1. The van der Waals surface area contributed by atoms with Crippen LogP contribution in [0.5, 0.6) is 0 Å². The van der Waals surface area contributed by atoms with Gasteiger partial charge in [-0.1, -0.05) is 64.4 Å². The number of H-pyrrole nitrogens is 1. The first kappa shape index (κ1) is 29.8. The third-order valence-electron chi connectivity index (χ3n) is 6.05. The summed E-state index contributed by atoms with van der Waals surface area (Å²) in [5.41, 5.74) is 1.39. The van der Waals surface area contributed by atoms with E-state index in [0.29, 0.717) is 24.6 Å². The average molecular weight is 516 g/mol. The molecule has 0 saturated heterocycles. The molecule has 1 aromatic carbocycles. The van der Waals surface area contributed by atoms with E-state index in [0.717, 1.165) is 12.0 Å². The second kappa shape index (κ2) is 15.7. The fourth-order valence-electron chi connectivity index (χ4n) is 3.67. The number of aliphatic hydroxyl groups is 1. The first-order chi connectivity index (χ1) is 17.7. The zero-order valence-electron chi connectivity index (χ0n) is 22.2. The Balaban J connectivity index is 2.04. The van der Waals surface area contributed by atoms with Gasteiger partial charge in [0, 0.05) is 19.2 Å². The molecular weight excluding hydrogens is 474 g/mol. The third-order valence-corrected chi connectivity index (χ3v) is 6.05. The van der Waals surface area contributed by atoms with Gasteiger partial charge in [-0.2, -0.15) is 0 Å². The molecule has 2 aromatic rings. The highest BCUT2D eigenvalue weighted by molar-refractivity contribution is 5.86. The van der Waals surface area contributed by atoms with Gasteiger partial charge in [0.25, 0.3) is 0 Å². The number of amides is 3. The number of nitrogens with one attached hydrogen (secondary N) is 4. The molecule has 10 heteroatoms. The molecule has 1 heterocycles.